The van der Waals surface area contributed by atoms with Crippen LogP contribution in [-0.2, 0) is 0 Å². The minimum absolute atomic E-state index is 0.203. The molecule has 1 heterocycles. The van der Waals surface area contributed by atoms with Gasteiger partial charge in [0.15, 0.2) is 0 Å². The summed E-state index contributed by atoms with van der Waals surface area (Å²) in [5.74, 6) is -0.203. The summed E-state index contributed by atoms with van der Waals surface area (Å²) in [6, 6.07) is 4.63. The zero-order valence-corrected chi connectivity index (χ0v) is 5.92. The first-order valence-electron chi connectivity index (χ1n) is 3.50. The Balaban J connectivity index is 2.54. The fraction of sp³-hybridized carbons (Fsp3) is 0.111. The molecule has 1 nitrogen and oxygen atoms in total. The summed E-state index contributed by atoms with van der Waals surface area (Å²) in [6.07, 6.45) is 3.81. The molecule has 0 aliphatic carbocycles. The SMILES string of the molecule is Fc1ccc2c(c1)C=CC[N]2. The summed E-state index contributed by atoms with van der Waals surface area (Å²) in [4.78, 5) is 0. The van der Waals surface area contributed by atoms with Crippen LogP contribution in [0.2, 0.25) is 0 Å². The van der Waals surface area contributed by atoms with Gasteiger partial charge in [-0.05, 0) is 18.2 Å². The van der Waals surface area contributed by atoms with Crippen LogP contribution in [-0.4, -0.2) is 6.54 Å². The van der Waals surface area contributed by atoms with Gasteiger partial charge in [0, 0.05) is 5.56 Å². The lowest BCUT2D eigenvalue weighted by atomic mass is 10.1. The Morgan fingerprint density at radius 1 is 1.36 bits per heavy atom. The first kappa shape index (κ1) is 6.40. The van der Waals surface area contributed by atoms with Crippen molar-refractivity contribution in [2.75, 3.05) is 6.54 Å². The van der Waals surface area contributed by atoms with E-state index >= 15 is 0 Å². The third-order valence-electron chi connectivity index (χ3n) is 1.65. The normalized spacial score (nSPS) is 13.9. The molecule has 55 valence electrons. The Bertz CT molecular complexity index is 304. The number of nitrogens with zero attached hydrogens (tertiary/aromatic N) is 1. The van der Waals surface area contributed by atoms with Crippen LogP contribution in [0.1, 0.15) is 5.56 Å². The molecule has 0 N–H and O–H groups in total. The summed E-state index contributed by atoms with van der Waals surface area (Å²) < 4.78 is 12.6. The molecule has 1 aromatic carbocycles. The lowest BCUT2D eigenvalue weighted by Gasteiger charge is -2.09. The van der Waals surface area contributed by atoms with Crippen LogP contribution >= 0.6 is 0 Å². The highest BCUT2D eigenvalue weighted by Crippen LogP contribution is 2.21. The van der Waals surface area contributed by atoms with Gasteiger partial charge in [0.2, 0.25) is 0 Å². The Morgan fingerprint density at radius 2 is 2.27 bits per heavy atom. The minimum Gasteiger partial charge on any atom is -0.281 e. The quantitative estimate of drug-likeness (QED) is 0.535. The van der Waals surface area contributed by atoms with Gasteiger partial charge in [-0.1, -0.05) is 12.2 Å². The number of halogens is 1. The molecule has 0 bridgehead atoms. The van der Waals surface area contributed by atoms with Gasteiger partial charge < -0.3 is 0 Å². The average Bonchev–Trinajstić information content (AvgIpc) is 2.04. The van der Waals surface area contributed by atoms with Gasteiger partial charge in [-0.2, -0.15) is 0 Å². The van der Waals surface area contributed by atoms with Crippen LogP contribution in [0, 0.1) is 5.82 Å². The Kier molecular flexibility index (Phi) is 1.39. The average molecular weight is 148 g/mol. The molecule has 0 saturated carbocycles. The molecule has 11 heavy (non-hydrogen) atoms. The van der Waals surface area contributed by atoms with Crippen molar-refractivity contribution in [1.29, 1.82) is 0 Å². The van der Waals surface area contributed by atoms with E-state index in [9.17, 15) is 4.39 Å². The number of hydrogen-bond donors (Lipinski definition) is 0. The lowest BCUT2D eigenvalue weighted by molar-refractivity contribution is 0.627. The maximum absolute atomic E-state index is 12.6. The topological polar surface area (TPSA) is 14.1 Å². The standard InChI is InChI=1S/C9H7FN/c10-8-3-4-9-7(6-8)2-1-5-11-9/h1-4,6H,5H2. The van der Waals surface area contributed by atoms with E-state index in [4.69, 9.17) is 0 Å². The monoisotopic (exact) mass is 148 g/mol. The molecule has 2 heteroatoms. The third-order valence-corrected chi connectivity index (χ3v) is 1.65. The molecule has 0 aromatic heterocycles. The maximum atomic E-state index is 12.6. The smallest absolute Gasteiger partial charge is 0.123 e. The van der Waals surface area contributed by atoms with Crippen LogP contribution in [0.25, 0.3) is 6.08 Å². The van der Waals surface area contributed by atoms with Gasteiger partial charge in [-0.25, -0.2) is 4.39 Å². The van der Waals surface area contributed by atoms with Crippen LogP contribution < -0.4 is 5.32 Å². The van der Waals surface area contributed by atoms with E-state index < -0.39 is 0 Å². The minimum atomic E-state index is -0.203. The van der Waals surface area contributed by atoms with E-state index in [2.05, 4.69) is 5.32 Å². The molecule has 0 unspecified atom stereocenters. The molecule has 0 saturated heterocycles. The van der Waals surface area contributed by atoms with E-state index in [1.54, 1.807) is 6.07 Å². The lowest BCUT2D eigenvalue weighted by Crippen LogP contribution is -2.02. The van der Waals surface area contributed by atoms with Gasteiger partial charge in [0.1, 0.15) is 5.82 Å². The molecule has 1 aromatic rings. The van der Waals surface area contributed by atoms with Gasteiger partial charge in [-0.15, -0.1) is 0 Å². The van der Waals surface area contributed by atoms with E-state index in [1.165, 1.54) is 12.1 Å². The van der Waals surface area contributed by atoms with Gasteiger partial charge in [0.05, 0.1) is 12.2 Å². The molecule has 0 atom stereocenters. The van der Waals surface area contributed by atoms with E-state index in [0.29, 0.717) is 6.54 Å². The second kappa shape index (κ2) is 2.38. The first-order chi connectivity index (χ1) is 5.36. The van der Waals surface area contributed by atoms with Crippen molar-refractivity contribution in [3.63, 3.8) is 0 Å². The maximum Gasteiger partial charge on any atom is 0.123 e. The number of hydrogen-bond acceptors (Lipinski definition) is 0. The Morgan fingerprint density at radius 3 is 3.18 bits per heavy atom. The van der Waals surface area contributed by atoms with Crippen LogP contribution in [0.5, 0.6) is 0 Å². The first-order valence-corrected chi connectivity index (χ1v) is 3.50. The second-order valence-electron chi connectivity index (χ2n) is 2.45. The van der Waals surface area contributed by atoms with Crippen LogP contribution in [0.15, 0.2) is 24.3 Å². The zero-order valence-electron chi connectivity index (χ0n) is 5.92. The molecule has 0 spiro atoms. The second-order valence-corrected chi connectivity index (χ2v) is 2.45. The van der Waals surface area contributed by atoms with E-state index in [0.717, 1.165) is 11.3 Å². The Labute approximate surface area is 64.5 Å². The number of rotatable bonds is 0. The fourth-order valence-electron chi connectivity index (χ4n) is 1.13. The van der Waals surface area contributed by atoms with Crippen molar-refractivity contribution >= 4 is 11.8 Å². The van der Waals surface area contributed by atoms with Gasteiger partial charge >= 0.3 is 0 Å². The molecule has 1 radical (unpaired) electrons. The van der Waals surface area contributed by atoms with Gasteiger partial charge in [0.25, 0.3) is 0 Å². The summed E-state index contributed by atoms with van der Waals surface area (Å²) in [6.45, 7) is 0.707. The molecule has 1 aliphatic heterocycles. The largest absolute Gasteiger partial charge is 0.281 e. The summed E-state index contributed by atoms with van der Waals surface area (Å²) in [5, 5.41) is 4.18. The van der Waals surface area contributed by atoms with Crippen molar-refractivity contribution in [1.82, 2.24) is 5.32 Å². The summed E-state index contributed by atoms with van der Waals surface area (Å²) in [7, 11) is 0. The molecular weight excluding hydrogens is 141 g/mol. The molecular formula is C9H7FN. The van der Waals surface area contributed by atoms with Crippen molar-refractivity contribution in [3.8, 4) is 0 Å². The van der Waals surface area contributed by atoms with Crippen molar-refractivity contribution < 1.29 is 4.39 Å². The Hall–Kier alpha value is -1.31. The highest BCUT2D eigenvalue weighted by molar-refractivity contribution is 5.65. The molecule has 1 aliphatic rings. The molecule has 0 fully saturated rings. The van der Waals surface area contributed by atoms with Gasteiger partial charge in [-0.3, -0.25) is 5.32 Å². The van der Waals surface area contributed by atoms with Crippen LogP contribution in [0.4, 0.5) is 10.1 Å². The fourth-order valence-corrected chi connectivity index (χ4v) is 1.13. The van der Waals surface area contributed by atoms with Crippen molar-refractivity contribution in [2.24, 2.45) is 0 Å². The molecule has 0 amide bonds. The zero-order chi connectivity index (χ0) is 7.68. The predicted octanol–water partition coefficient (Wildman–Crippen LogP) is 2.09. The van der Waals surface area contributed by atoms with E-state index in [-0.39, 0.29) is 5.82 Å². The van der Waals surface area contributed by atoms with Crippen molar-refractivity contribution in [3.05, 3.63) is 35.7 Å². The van der Waals surface area contributed by atoms with Crippen LogP contribution in [0.3, 0.4) is 0 Å². The predicted molar refractivity (Wildman–Crippen MR) is 42.1 cm³/mol. The highest BCUT2D eigenvalue weighted by atomic mass is 19.1. The third kappa shape index (κ3) is 1.11. The summed E-state index contributed by atoms with van der Waals surface area (Å²) >= 11 is 0. The number of fused-ring (bicyclic) bond motifs is 1. The number of benzene rings is 1. The summed E-state index contributed by atoms with van der Waals surface area (Å²) in [5.41, 5.74) is 1.75. The van der Waals surface area contributed by atoms with Crippen molar-refractivity contribution in [2.45, 2.75) is 0 Å². The van der Waals surface area contributed by atoms with E-state index in [1.807, 2.05) is 12.2 Å². The molecule has 2 rings (SSSR count). The highest BCUT2D eigenvalue weighted by Gasteiger charge is 2.04.